The van der Waals surface area contributed by atoms with Crippen LogP contribution in [0.15, 0.2) is 35.2 Å². The van der Waals surface area contributed by atoms with Crippen molar-refractivity contribution in [1.29, 1.82) is 0 Å². The number of amides is 1. The molecule has 0 bridgehead atoms. The first-order chi connectivity index (χ1) is 14.1. The lowest BCUT2D eigenvalue weighted by atomic mass is 9.98. The van der Waals surface area contributed by atoms with Crippen molar-refractivity contribution in [3.63, 3.8) is 0 Å². The Balaban J connectivity index is 1.78. The molecule has 1 fully saturated rings. The van der Waals surface area contributed by atoms with Crippen LogP contribution in [0.25, 0.3) is 0 Å². The average Bonchev–Trinajstić information content (AvgIpc) is 2.70. The lowest BCUT2D eigenvalue weighted by Crippen LogP contribution is -2.43. The molecule has 0 aliphatic carbocycles. The van der Waals surface area contributed by atoms with Crippen molar-refractivity contribution in [3.05, 3.63) is 52.0 Å². The molecule has 30 heavy (non-hydrogen) atoms. The van der Waals surface area contributed by atoms with Crippen molar-refractivity contribution >= 4 is 33.2 Å². The Morgan fingerprint density at radius 1 is 1.17 bits per heavy atom. The van der Waals surface area contributed by atoms with Gasteiger partial charge in [-0.25, -0.2) is 8.42 Å². The number of halogens is 1. The van der Waals surface area contributed by atoms with Gasteiger partial charge in [0.05, 0.1) is 22.9 Å². The second-order valence-electron chi connectivity index (χ2n) is 7.76. The summed E-state index contributed by atoms with van der Waals surface area (Å²) >= 11 is 6.11. The third-order valence-corrected chi connectivity index (χ3v) is 7.60. The summed E-state index contributed by atoms with van der Waals surface area (Å²) in [6, 6.07) is 8.44. The number of carbonyl (C=O) groups is 1. The maximum Gasteiger partial charge on any atom is 0.243 e. The SMILES string of the molecule is COc1ccc(S(=O)(=O)N2CCCC(C(=O)Nc3c(C)cc(C)cc3C)C2)cc1Cl. The molecule has 1 unspecified atom stereocenters. The Labute approximate surface area is 183 Å². The molecule has 0 saturated carbocycles. The van der Waals surface area contributed by atoms with E-state index in [1.54, 1.807) is 0 Å². The molecule has 0 spiro atoms. The maximum atomic E-state index is 13.1. The third kappa shape index (κ3) is 4.63. The van der Waals surface area contributed by atoms with Gasteiger partial charge in [0, 0.05) is 18.8 Å². The van der Waals surface area contributed by atoms with Gasteiger partial charge in [-0.15, -0.1) is 0 Å². The number of carbonyl (C=O) groups excluding carboxylic acids is 1. The Morgan fingerprint density at radius 2 is 1.83 bits per heavy atom. The van der Waals surface area contributed by atoms with Crippen LogP contribution >= 0.6 is 11.6 Å². The molecule has 1 heterocycles. The molecule has 1 amide bonds. The second kappa shape index (κ2) is 8.96. The molecule has 1 atom stereocenters. The zero-order valence-corrected chi connectivity index (χ0v) is 19.2. The van der Waals surface area contributed by atoms with Crippen molar-refractivity contribution in [2.75, 3.05) is 25.5 Å². The molecule has 2 aromatic rings. The van der Waals surface area contributed by atoms with Gasteiger partial charge >= 0.3 is 0 Å². The molecule has 0 aromatic heterocycles. The number of nitrogens with zero attached hydrogens (tertiary/aromatic N) is 1. The van der Waals surface area contributed by atoms with Crippen molar-refractivity contribution in [2.45, 2.75) is 38.5 Å². The molecule has 6 nitrogen and oxygen atoms in total. The fraction of sp³-hybridized carbons (Fsp3) is 0.409. The number of sulfonamides is 1. The van der Waals surface area contributed by atoms with Crippen LogP contribution in [0.2, 0.25) is 5.02 Å². The van der Waals surface area contributed by atoms with E-state index in [0.717, 1.165) is 22.4 Å². The quantitative estimate of drug-likeness (QED) is 0.736. The number of benzene rings is 2. The van der Waals surface area contributed by atoms with E-state index in [-0.39, 0.29) is 22.4 Å². The predicted octanol–water partition coefficient (Wildman–Crippen LogP) is 4.31. The van der Waals surface area contributed by atoms with E-state index in [1.807, 2.05) is 32.9 Å². The Morgan fingerprint density at radius 3 is 2.43 bits per heavy atom. The van der Waals surface area contributed by atoms with Crippen LogP contribution in [0.5, 0.6) is 5.75 Å². The molecular formula is C22H27ClN2O4S. The first kappa shape index (κ1) is 22.6. The Bertz CT molecular complexity index is 1050. The van der Waals surface area contributed by atoms with Gasteiger partial charge in [0.1, 0.15) is 5.75 Å². The van der Waals surface area contributed by atoms with Gasteiger partial charge in [-0.2, -0.15) is 4.31 Å². The number of piperidine rings is 1. The Hall–Kier alpha value is -2.09. The van der Waals surface area contributed by atoms with Crippen LogP contribution in [0.4, 0.5) is 5.69 Å². The highest BCUT2D eigenvalue weighted by atomic mass is 35.5. The van der Waals surface area contributed by atoms with E-state index in [1.165, 1.54) is 29.6 Å². The van der Waals surface area contributed by atoms with Crippen LogP contribution in [-0.2, 0) is 14.8 Å². The van der Waals surface area contributed by atoms with Crippen LogP contribution in [0.1, 0.15) is 29.5 Å². The summed E-state index contributed by atoms with van der Waals surface area (Å²) in [7, 11) is -2.28. The van der Waals surface area contributed by atoms with Crippen LogP contribution in [0.3, 0.4) is 0 Å². The van der Waals surface area contributed by atoms with Crippen molar-refractivity contribution in [1.82, 2.24) is 4.31 Å². The monoisotopic (exact) mass is 450 g/mol. The number of hydrogen-bond acceptors (Lipinski definition) is 4. The fourth-order valence-corrected chi connectivity index (χ4v) is 5.81. The van der Waals surface area contributed by atoms with Crippen molar-refractivity contribution in [3.8, 4) is 5.75 Å². The molecule has 1 N–H and O–H groups in total. The topological polar surface area (TPSA) is 75.7 Å². The van der Waals surface area contributed by atoms with Gasteiger partial charge in [0.25, 0.3) is 0 Å². The van der Waals surface area contributed by atoms with E-state index >= 15 is 0 Å². The van der Waals surface area contributed by atoms with Gasteiger partial charge in [-0.05, 0) is 62.9 Å². The molecule has 0 radical (unpaired) electrons. The van der Waals surface area contributed by atoms with Gasteiger partial charge in [-0.1, -0.05) is 29.3 Å². The highest BCUT2D eigenvalue weighted by molar-refractivity contribution is 7.89. The fourth-order valence-electron chi connectivity index (χ4n) is 3.93. The van der Waals surface area contributed by atoms with E-state index in [9.17, 15) is 13.2 Å². The molecule has 1 aliphatic heterocycles. The summed E-state index contributed by atoms with van der Waals surface area (Å²) in [5.74, 6) is -0.157. The van der Waals surface area contributed by atoms with E-state index in [2.05, 4.69) is 5.32 Å². The first-order valence-corrected chi connectivity index (χ1v) is 11.7. The van der Waals surface area contributed by atoms with Gasteiger partial charge < -0.3 is 10.1 Å². The summed E-state index contributed by atoms with van der Waals surface area (Å²) < 4.78 is 32.7. The normalized spacial score (nSPS) is 17.6. The largest absolute Gasteiger partial charge is 0.495 e. The van der Waals surface area contributed by atoms with Crippen molar-refractivity contribution < 1.29 is 17.9 Å². The second-order valence-corrected chi connectivity index (χ2v) is 10.1. The highest BCUT2D eigenvalue weighted by Gasteiger charge is 2.34. The minimum Gasteiger partial charge on any atom is -0.495 e. The summed E-state index contributed by atoms with van der Waals surface area (Å²) in [6.45, 7) is 6.45. The molecule has 3 rings (SSSR count). The summed E-state index contributed by atoms with van der Waals surface area (Å²) in [6.07, 6.45) is 1.26. The molecule has 2 aromatic carbocycles. The van der Waals surface area contributed by atoms with E-state index in [4.69, 9.17) is 16.3 Å². The number of rotatable bonds is 5. The minimum atomic E-state index is -3.76. The number of anilines is 1. The zero-order chi connectivity index (χ0) is 22.1. The maximum absolute atomic E-state index is 13.1. The Kier molecular flexibility index (Phi) is 6.75. The van der Waals surface area contributed by atoms with Crippen LogP contribution in [-0.4, -0.2) is 38.8 Å². The molecular weight excluding hydrogens is 424 g/mol. The lowest BCUT2D eigenvalue weighted by Gasteiger charge is -2.31. The summed E-state index contributed by atoms with van der Waals surface area (Å²) in [5, 5.41) is 3.24. The van der Waals surface area contributed by atoms with Crippen LogP contribution < -0.4 is 10.1 Å². The first-order valence-electron chi connectivity index (χ1n) is 9.86. The van der Waals surface area contributed by atoms with Crippen molar-refractivity contribution in [2.24, 2.45) is 5.92 Å². The summed E-state index contributed by atoms with van der Waals surface area (Å²) in [4.78, 5) is 13.0. The number of nitrogens with one attached hydrogen (secondary N) is 1. The van der Waals surface area contributed by atoms with E-state index in [0.29, 0.717) is 25.1 Å². The van der Waals surface area contributed by atoms with Gasteiger partial charge in [0.15, 0.2) is 0 Å². The molecule has 1 saturated heterocycles. The summed E-state index contributed by atoms with van der Waals surface area (Å²) in [5.41, 5.74) is 3.92. The highest BCUT2D eigenvalue weighted by Crippen LogP contribution is 2.31. The van der Waals surface area contributed by atoms with Crippen LogP contribution in [0, 0.1) is 26.7 Å². The minimum absolute atomic E-state index is 0.0968. The zero-order valence-electron chi connectivity index (χ0n) is 17.7. The average molecular weight is 451 g/mol. The smallest absolute Gasteiger partial charge is 0.243 e. The van der Waals surface area contributed by atoms with Gasteiger partial charge in [0.2, 0.25) is 15.9 Å². The molecule has 8 heteroatoms. The lowest BCUT2D eigenvalue weighted by molar-refractivity contribution is -0.120. The molecule has 162 valence electrons. The third-order valence-electron chi connectivity index (χ3n) is 5.44. The number of hydrogen-bond donors (Lipinski definition) is 1. The number of methoxy groups -OCH3 is 1. The van der Waals surface area contributed by atoms with Gasteiger partial charge in [-0.3, -0.25) is 4.79 Å². The van der Waals surface area contributed by atoms with E-state index < -0.39 is 15.9 Å². The standard InChI is InChI=1S/C22H27ClN2O4S/c1-14-10-15(2)21(16(3)11-14)24-22(26)17-6-5-9-25(13-17)30(27,28)18-7-8-20(29-4)19(23)12-18/h7-8,10-12,17H,5-6,9,13H2,1-4H3,(H,24,26). The molecule has 1 aliphatic rings. The number of aryl methyl sites for hydroxylation is 3. The number of ether oxygens (including phenoxy) is 1. The predicted molar refractivity (Wildman–Crippen MR) is 119 cm³/mol.